The lowest BCUT2D eigenvalue weighted by atomic mass is 9.94. The maximum Gasteiger partial charge on any atom is 0.165 e. The molecule has 0 fully saturated rings. The van der Waals surface area contributed by atoms with Crippen molar-refractivity contribution >= 4 is 13.3 Å². The third kappa shape index (κ3) is 3.22. The van der Waals surface area contributed by atoms with Gasteiger partial charge in [0, 0.05) is 6.07 Å². The molecule has 0 bridgehead atoms. The number of hydrogen-bond acceptors (Lipinski definition) is 3. The van der Waals surface area contributed by atoms with Gasteiger partial charge in [0.2, 0.25) is 0 Å². The van der Waals surface area contributed by atoms with Crippen LogP contribution in [0.2, 0.25) is 0 Å². The Morgan fingerprint density at radius 2 is 1.58 bits per heavy atom. The summed E-state index contributed by atoms with van der Waals surface area (Å²) in [5.74, 6) is 2.20. The summed E-state index contributed by atoms with van der Waals surface area (Å²) in [6.45, 7) is 0.503. The van der Waals surface area contributed by atoms with Gasteiger partial charge in [-0.1, -0.05) is 30.3 Å². The molecular weight excluding hydrogens is 239 g/mol. The van der Waals surface area contributed by atoms with E-state index in [0.29, 0.717) is 18.1 Å². The average Bonchev–Trinajstić information content (AvgIpc) is 2.46. The van der Waals surface area contributed by atoms with Gasteiger partial charge in [0.1, 0.15) is 20.2 Å². The SMILES string of the molecule is Bc1cc(OC)c(OCc2ccccc2)cc1OC. The fourth-order valence-electron chi connectivity index (χ4n) is 1.87. The van der Waals surface area contributed by atoms with E-state index in [-0.39, 0.29) is 0 Å². The van der Waals surface area contributed by atoms with Crippen LogP contribution in [0.5, 0.6) is 17.2 Å². The minimum absolute atomic E-state index is 0.503. The van der Waals surface area contributed by atoms with Crippen LogP contribution in [0.15, 0.2) is 42.5 Å². The minimum atomic E-state index is 0.503. The van der Waals surface area contributed by atoms with Crippen LogP contribution in [0.1, 0.15) is 5.56 Å². The van der Waals surface area contributed by atoms with E-state index >= 15 is 0 Å². The average molecular weight is 256 g/mol. The molecule has 2 aromatic carbocycles. The third-order valence-electron chi connectivity index (χ3n) is 2.92. The van der Waals surface area contributed by atoms with Crippen LogP contribution in [0.4, 0.5) is 0 Å². The summed E-state index contributed by atoms with van der Waals surface area (Å²) in [5.41, 5.74) is 2.13. The normalized spacial score (nSPS) is 10.0. The third-order valence-corrected chi connectivity index (χ3v) is 2.92. The van der Waals surface area contributed by atoms with Crippen LogP contribution in [-0.2, 0) is 6.61 Å². The Kier molecular flexibility index (Phi) is 4.34. The maximum absolute atomic E-state index is 5.81. The molecule has 0 saturated heterocycles. The van der Waals surface area contributed by atoms with Crippen molar-refractivity contribution in [2.24, 2.45) is 0 Å². The number of rotatable bonds is 5. The first-order chi connectivity index (χ1) is 9.24. The molecular formula is C15H17BO3. The van der Waals surface area contributed by atoms with Crippen molar-refractivity contribution in [3.63, 3.8) is 0 Å². The van der Waals surface area contributed by atoms with Gasteiger partial charge in [0.25, 0.3) is 0 Å². The highest BCUT2D eigenvalue weighted by Gasteiger charge is 2.09. The summed E-state index contributed by atoms with van der Waals surface area (Å²) in [7, 11) is 5.26. The largest absolute Gasteiger partial charge is 0.497 e. The molecule has 19 heavy (non-hydrogen) atoms. The summed E-state index contributed by atoms with van der Waals surface area (Å²) in [6.07, 6.45) is 0. The van der Waals surface area contributed by atoms with Gasteiger partial charge in [-0.3, -0.25) is 0 Å². The first kappa shape index (κ1) is 13.3. The molecule has 0 spiro atoms. The van der Waals surface area contributed by atoms with E-state index in [4.69, 9.17) is 14.2 Å². The fourth-order valence-corrected chi connectivity index (χ4v) is 1.87. The molecule has 0 amide bonds. The molecule has 0 aromatic heterocycles. The summed E-state index contributed by atoms with van der Waals surface area (Å²) in [5, 5.41) is 0. The van der Waals surface area contributed by atoms with Crippen molar-refractivity contribution in [2.75, 3.05) is 14.2 Å². The predicted molar refractivity (Wildman–Crippen MR) is 78.5 cm³/mol. The molecule has 4 heteroatoms. The monoisotopic (exact) mass is 256 g/mol. The van der Waals surface area contributed by atoms with Crippen LogP contribution in [0, 0.1) is 0 Å². The molecule has 0 unspecified atom stereocenters. The van der Waals surface area contributed by atoms with Crippen molar-refractivity contribution in [2.45, 2.75) is 6.61 Å². The molecule has 0 N–H and O–H groups in total. The Morgan fingerprint density at radius 1 is 0.895 bits per heavy atom. The topological polar surface area (TPSA) is 27.7 Å². The zero-order valence-corrected chi connectivity index (χ0v) is 11.5. The summed E-state index contributed by atoms with van der Waals surface area (Å²) in [6, 6.07) is 13.8. The molecule has 0 aliphatic heterocycles. The highest BCUT2D eigenvalue weighted by Crippen LogP contribution is 2.30. The van der Waals surface area contributed by atoms with Gasteiger partial charge in [-0.15, -0.1) is 0 Å². The number of ether oxygens (including phenoxy) is 3. The molecule has 0 radical (unpaired) electrons. The Morgan fingerprint density at radius 3 is 2.21 bits per heavy atom. The second-order valence-electron chi connectivity index (χ2n) is 4.25. The van der Waals surface area contributed by atoms with Crippen molar-refractivity contribution in [1.82, 2.24) is 0 Å². The Labute approximate surface area is 114 Å². The van der Waals surface area contributed by atoms with Gasteiger partial charge in [-0.25, -0.2) is 0 Å². The van der Waals surface area contributed by atoms with Gasteiger partial charge >= 0.3 is 0 Å². The molecule has 0 aliphatic carbocycles. The standard InChI is InChI=1S/C15H17BO3/c1-17-13-9-15(14(18-2)8-12(13)16)19-10-11-6-4-3-5-7-11/h3-9H,10,16H2,1-2H3. The van der Waals surface area contributed by atoms with E-state index in [9.17, 15) is 0 Å². The lowest BCUT2D eigenvalue weighted by molar-refractivity contribution is 0.282. The molecule has 0 aliphatic rings. The van der Waals surface area contributed by atoms with Gasteiger partial charge in [0.05, 0.1) is 14.2 Å². The van der Waals surface area contributed by atoms with Crippen LogP contribution in [-0.4, -0.2) is 22.1 Å². The van der Waals surface area contributed by atoms with Gasteiger partial charge < -0.3 is 14.2 Å². The molecule has 0 atom stereocenters. The molecule has 98 valence electrons. The first-order valence-corrected chi connectivity index (χ1v) is 6.14. The van der Waals surface area contributed by atoms with Crippen molar-refractivity contribution in [3.05, 3.63) is 48.0 Å². The molecule has 0 saturated carbocycles. The number of benzene rings is 2. The summed E-state index contributed by atoms with van der Waals surface area (Å²) >= 11 is 0. The van der Waals surface area contributed by atoms with E-state index in [1.54, 1.807) is 14.2 Å². The van der Waals surface area contributed by atoms with Crippen LogP contribution in [0.25, 0.3) is 0 Å². The van der Waals surface area contributed by atoms with E-state index in [2.05, 4.69) is 0 Å². The number of hydrogen-bond donors (Lipinski definition) is 0. The Hall–Kier alpha value is -2.10. The van der Waals surface area contributed by atoms with Crippen LogP contribution in [0.3, 0.4) is 0 Å². The lowest BCUT2D eigenvalue weighted by Gasteiger charge is -2.14. The smallest absolute Gasteiger partial charge is 0.165 e. The van der Waals surface area contributed by atoms with Crippen LogP contribution < -0.4 is 19.7 Å². The van der Waals surface area contributed by atoms with E-state index in [1.807, 2.05) is 50.3 Å². The Bertz CT molecular complexity index is 541. The van der Waals surface area contributed by atoms with Gasteiger partial charge in [-0.2, -0.15) is 0 Å². The Balaban J connectivity index is 2.19. The van der Waals surface area contributed by atoms with Gasteiger partial charge in [-0.05, 0) is 17.1 Å². The van der Waals surface area contributed by atoms with Crippen LogP contribution >= 0.6 is 0 Å². The molecule has 2 rings (SSSR count). The lowest BCUT2D eigenvalue weighted by Crippen LogP contribution is -2.09. The summed E-state index contributed by atoms with van der Waals surface area (Å²) in [4.78, 5) is 0. The molecule has 2 aromatic rings. The maximum atomic E-state index is 5.81. The highest BCUT2D eigenvalue weighted by atomic mass is 16.5. The van der Waals surface area contributed by atoms with E-state index in [1.165, 1.54) is 0 Å². The zero-order chi connectivity index (χ0) is 13.7. The molecule has 0 heterocycles. The van der Waals surface area contributed by atoms with E-state index < -0.39 is 0 Å². The number of methoxy groups -OCH3 is 2. The second-order valence-corrected chi connectivity index (χ2v) is 4.25. The quantitative estimate of drug-likeness (QED) is 0.759. The zero-order valence-electron chi connectivity index (χ0n) is 11.5. The van der Waals surface area contributed by atoms with Gasteiger partial charge in [0.15, 0.2) is 11.5 Å². The predicted octanol–water partition coefficient (Wildman–Crippen LogP) is 1.54. The van der Waals surface area contributed by atoms with Crippen molar-refractivity contribution in [3.8, 4) is 17.2 Å². The van der Waals surface area contributed by atoms with Crippen molar-refractivity contribution in [1.29, 1.82) is 0 Å². The molecule has 3 nitrogen and oxygen atoms in total. The first-order valence-electron chi connectivity index (χ1n) is 6.14. The highest BCUT2D eigenvalue weighted by molar-refractivity contribution is 6.34. The summed E-state index contributed by atoms with van der Waals surface area (Å²) < 4.78 is 16.4. The minimum Gasteiger partial charge on any atom is -0.497 e. The second kappa shape index (κ2) is 6.18. The van der Waals surface area contributed by atoms with Crippen molar-refractivity contribution < 1.29 is 14.2 Å². The fraction of sp³-hybridized carbons (Fsp3) is 0.200. The van der Waals surface area contributed by atoms with E-state index in [0.717, 1.165) is 16.8 Å².